The molecule has 1 unspecified atom stereocenters. The molecule has 1 aliphatic rings. The minimum Gasteiger partial charge on any atom is -0.373 e. The predicted octanol–water partition coefficient (Wildman–Crippen LogP) is 2.97. The quantitative estimate of drug-likeness (QED) is 0.626. The van der Waals surface area contributed by atoms with Gasteiger partial charge >= 0.3 is 0 Å². The van der Waals surface area contributed by atoms with Crippen molar-refractivity contribution in [2.75, 3.05) is 6.61 Å². The van der Waals surface area contributed by atoms with Crippen LogP contribution < -0.4 is 11.3 Å². The van der Waals surface area contributed by atoms with Crippen LogP contribution in [0.15, 0.2) is 6.20 Å². The van der Waals surface area contributed by atoms with Crippen molar-refractivity contribution in [1.82, 2.24) is 15.2 Å². The minimum atomic E-state index is -0.278. The first kappa shape index (κ1) is 15.8. The van der Waals surface area contributed by atoms with Gasteiger partial charge in [0.1, 0.15) is 0 Å². The van der Waals surface area contributed by atoms with Crippen molar-refractivity contribution in [2.45, 2.75) is 64.1 Å². The van der Waals surface area contributed by atoms with Gasteiger partial charge in [-0.3, -0.25) is 10.5 Å². The van der Waals surface area contributed by atoms with Crippen LogP contribution in [0.1, 0.15) is 64.2 Å². The van der Waals surface area contributed by atoms with Crippen molar-refractivity contribution < 1.29 is 4.74 Å². The lowest BCUT2D eigenvalue weighted by atomic mass is 9.89. The van der Waals surface area contributed by atoms with Gasteiger partial charge in [0.15, 0.2) is 0 Å². The Morgan fingerprint density at radius 2 is 2.15 bits per heavy atom. The van der Waals surface area contributed by atoms with Crippen molar-refractivity contribution in [3.05, 3.63) is 16.9 Å². The molecule has 1 saturated carbocycles. The Labute approximate surface area is 125 Å². The van der Waals surface area contributed by atoms with Crippen LogP contribution in [0.3, 0.4) is 0 Å². The van der Waals surface area contributed by atoms with Crippen LogP contribution in [0.2, 0.25) is 5.02 Å². The first-order chi connectivity index (χ1) is 9.55. The molecule has 0 aliphatic heterocycles. The van der Waals surface area contributed by atoms with E-state index in [0.29, 0.717) is 11.6 Å². The predicted molar refractivity (Wildman–Crippen MR) is 80.5 cm³/mol. The zero-order valence-electron chi connectivity index (χ0n) is 12.5. The zero-order valence-corrected chi connectivity index (χ0v) is 13.3. The minimum absolute atomic E-state index is 0.137. The van der Waals surface area contributed by atoms with Crippen LogP contribution in [0.5, 0.6) is 0 Å². The highest BCUT2D eigenvalue weighted by Crippen LogP contribution is 2.44. The Morgan fingerprint density at radius 3 is 2.65 bits per heavy atom. The third-order valence-corrected chi connectivity index (χ3v) is 4.42. The van der Waals surface area contributed by atoms with Gasteiger partial charge in [-0.15, -0.1) is 0 Å². The van der Waals surface area contributed by atoms with E-state index in [4.69, 9.17) is 22.2 Å². The molecule has 0 spiro atoms. The summed E-state index contributed by atoms with van der Waals surface area (Å²) in [6, 6.07) is 0.0933. The number of aromatic nitrogens is 2. The number of hydrogen-bond donors (Lipinski definition) is 2. The van der Waals surface area contributed by atoms with Gasteiger partial charge in [0, 0.05) is 12.6 Å². The highest BCUT2D eigenvalue weighted by molar-refractivity contribution is 6.31. The van der Waals surface area contributed by atoms with E-state index < -0.39 is 0 Å². The van der Waals surface area contributed by atoms with E-state index in [2.05, 4.69) is 24.4 Å². The lowest BCUT2D eigenvalue weighted by molar-refractivity contribution is -0.0647. The maximum atomic E-state index is 6.37. The lowest BCUT2D eigenvalue weighted by Crippen LogP contribution is -2.48. The van der Waals surface area contributed by atoms with Gasteiger partial charge < -0.3 is 4.74 Å². The number of nitrogens with one attached hydrogen (secondary N) is 1. The molecule has 1 aliphatic carbocycles. The van der Waals surface area contributed by atoms with Crippen LogP contribution in [0.4, 0.5) is 0 Å². The lowest BCUT2D eigenvalue weighted by Gasteiger charge is -2.37. The molecule has 1 heterocycles. The molecule has 1 aromatic rings. The molecule has 20 heavy (non-hydrogen) atoms. The maximum Gasteiger partial charge on any atom is 0.0933 e. The summed E-state index contributed by atoms with van der Waals surface area (Å²) < 4.78 is 8.05. The Hall–Kier alpha value is -0.620. The van der Waals surface area contributed by atoms with Crippen LogP contribution in [-0.2, 0) is 4.74 Å². The van der Waals surface area contributed by atoms with Crippen LogP contribution in [-0.4, -0.2) is 22.0 Å². The average Bonchev–Trinajstić information content (AvgIpc) is 3.00. The number of nitrogens with two attached hydrogens (primary N) is 1. The fourth-order valence-corrected chi connectivity index (χ4v) is 3.53. The van der Waals surface area contributed by atoms with Gasteiger partial charge in [0.05, 0.1) is 28.6 Å². The number of rotatable bonds is 6. The molecule has 0 bridgehead atoms. The number of hydrogen-bond acceptors (Lipinski definition) is 4. The number of hydrazine groups is 1. The van der Waals surface area contributed by atoms with Crippen molar-refractivity contribution in [3.63, 3.8) is 0 Å². The van der Waals surface area contributed by atoms with Gasteiger partial charge in [-0.25, -0.2) is 5.43 Å². The fourth-order valence-electron chi connectivity index (χ4n) is 3.29. The van der Waals surface area contributed by atoms with Gasteiger partial charge in [0.25, 0.3) is 0 Å². The normalized spacial score (nSPS) is 19.7. The molecular weight excluding hydrogens is 276 g/mol. The Kier molecular flexibility index (Phi) is 5.07. The summed E-state index contributed by atoms with van der Waals surface area (Å²) in [5, 5.41) is 5.03. The van der Waals surface area contributed by atoms with E-state index in [-0.39, 0.29) is 17.7 Å². The zero-order chi connectivity index (χ0) is 14.8. The van der Waals surface area contributed by atoms with E-state index in [1.165, 1.54) is 0 Å². The number of nitrogens with zero attached hydrogens (tertiary/aromatic N) is 2. The molecule has 1 atom stereocenters. The topological polar surface area (TPSA) is 65.1 Å². The second kappa shape index (κ2) is 6.43. The van der Waals surface area contributed by atoms with Gasteiger partial charge in [0.2, 0.25) is 0 Å². The molecule has 6 heteroatoms. The molecule has 1 fully saturated rings. The summed E-state index contributed by atoms with van der Waals surface area (Å²) in [6.45, 7) is 6.87. The van der Waals surface area contributed by atoms with Gasteiger partial charge in [-0.05, 0) is 33.6 Å². The second-order valence-electron chi connectivity index (χ2n) is 5.72. The first-order valence-corrected chi connectivity index (χ1v) is 7.76. The van der Waals surface area contributed by atoms with E-state index in [1.807, 2.05) is 11.6 Å². The van der Waals surface area contributed by atoms with Gasteiger partial charge in [-0.1, -0.05) is 24.4 Å². The Balaban J connectivity index is 2.43. The van der Waals surface area contributed by atoms with E-state index in [9.17, 15) is 0 Å². The Morgan fingerprint density at radius 1 is 1.50 bits per heavy atom. The summed E-state index contributed by atoms with van der Waals surface area (Å²) in [4.78, 5) is 0. The average molecular weight is 301 g/mol. The number of halogens is 1. The fraction of sp³-hybridized carbons (Fsp3) is 0.786. The standard InChI is InChI=1S/C14H25ClN4O/c1-4-20-14(7-5-6-8-14)13(18-16)12-11(15)9-17-19(12)10(2)3/h9-10,13,18H,4-8,16H2,1-3H3. The smallest absolute Gasteiger partial charge is 0.0933 e. The SMILES string of the molecule is CCOC1(C(NN)c2c(Cl)cnn2C(C)C)CCCC1. The maximum absolute atomic E-state index is 6.37. The van der Waals surface area contributed by atoms with Crippen molar-refractivity contribution >= 4 is 11.6 Å². The summed E-state index contributed by atoms with van der Waals surface area (Å²) in [5.41, 5.74) is 3.59. The molecule has 2 rings (SSSR count). The monoisotopic (exact) mass is 300 g/mol. The van der Waals surface area contributed by atoms with Crippen LogP contribution >= 0.6 is 11.6 Å². The molecule has 0 amide bonds. The van der Waals surface area contributed by atoms with Crippen LogP contribution in [0.25, 0.3) is 0 Å². The third kappa shape index (κ3) is 2.72. The summed E-state index contributed by atoms with van der Waals surface area (Å²) in [6.07, 6.45) is 6.00. The molecule has 0 radical (unpaired) electrons. The molecule has 5 nitrogen and oxygen atoms in total. The number of ether oxygens (including phenoxy) is 1. The second-order valence-corrected chi connectivity index (χ2v) is 6.13. The Bertz CT molecular complexity index is 440. The summed E-state index contributed by atoms with van der Waals surface area (Å²) in [5.74, 6) is 5.87. The molecule has 0 aromatic carbocycles. The van der Waals surface area contributed by atoms with Crippen molar-refractivity contribution in [1.29, 1.82) is 0 Å². The molecule has 0 saturated heterocycles. The van der Waals surface area contributed by atoms with E-state index in [1.54, 1.807) is 6.20 Å². The molecule has 114 valence electrons. The molecule has 3 N–H and O–H groups in total. The van der Waals surface area contributed by atoms with E-state index in [0.717, 1.165) is 31.4 Å². The highest BCUT2D eigenvalue weighted by Gasteiger charge is 2.45. The largest absolute Gasteiger partial charge is 0.373 e. The summed E-state index contributed by atoms with van der Waals surface area (Å²) >= 11 is 6.37. The molecule has 1 aromatic heterocycles. The van der Waals surface area contributed by atoms with Gasteiger partial charge in [-0.2, -0.15) is 5.10 Å². The summed E-state index contributed by atoms with van der Waals surface area (Å²) in [7, 11) is 0. The molecular formula is C14H25ClN4O. The van der Waals surface area contributed by atoms with Crippen molar-refractivity contribution in [3.8, 4) is 0 Å². The first-order valence-electron chi connectivity index (χ1n) is 7.38. The van der Waals surface area contributed by atoms with E-state index >= 15 is 0 Å². The third-order valence-electron chi connectivity index (χ3n) is 4.12. The van der Waals surface area contributed by atoms with Crippen molar-refractivity contribution in [2.24, 2.45) is 5.84 Å². The van der Waals surface area contributed by atoms with Crippen LogP contribution in [0, 0.1) is 0 Å². The highest BCUT2D eigenvalue weighted by atomic mass is 35.5.